The van der Waals surface area contributed by atoms with E-state index in [1.807, 2.05) is 43.5 Å². The number of unbranched alkanes of at least 4 members (excludes halogenated alkanes) is 2. The molecule has 2 unspecified atom stereocenters. The van der Waals surface area contributed by atoms with Crippen molar-refractivity contribution in [1.82, 2.24) is 4.90 Å². The van der Waals surface area contributed by atoms with Crippen molar-refractivity contribution in [2.45, 2.75) is 105 Å². The number of hydrogen-bond acceptors (Lipinski definition) is 7. The van der Waals surface area contributed by atoms with Crippen molar-refractivity contribution < 1.29 is 33.0 Å². The predicted octanol–water partition coefficient (Wildman–Crippen LogP) is 8.46. The molecule has 3 atom stereocenters. The van der Waals surface area contributed by atoms with Gasteiger partial charge in [0, 0.05) is 18.9 Å². The highest BCUT2D eigenvalue weighted by atomic mass is 28.3. The Hall–Kier alpha value is -3.60. The number of carbonyl (C=O) groups excluding carboxylic acids is 2. The van der Waals surface area contributed by atoms with Crippen molar-refractivity contribution >= 4 is 26.7 Å². The number of anilines is 1. The number of ether oxygens (including phenoxy) is 4. The average Bonchev–Trinajstić information content (AvgIpc) is 3.45. The van der Waals surface area contributed by atoms with Crippen LogP contribution in [0.3, 0.4) is 0 Å². The van der Waals surface area contributed by atoms with Gasteiger partial charge in [0.15, 0.2) is 20.5 Å². The summed E-state index contributed by atoms with van der Waals surface area (Å²) in [6.07, 6.45) is 4.55. The lowest BCUT2D eigenvalue weighted by atomic mass is 9.82. The van der Waals surface area contributed by atoms with Gasteiger partial charge in [0.1, 0.15) is 6.61 Å². The van der Waals surface area contributed by atoms with Crippen LogP contribution in [0.15, 0.2) is 66.6 Å². The van der Waals surface area contributed by atoms with Crippen LogP contribution in [0.2, 0.25) is 13.1 Å². The maximum absolute atomic E-state index is 14.7. The minimum Gasteiger partial charge on any atom is -0.493 e. The maximum Gasteiger partial charge on any atom is 0.416 e. The summed E-state index contributed by atoms with van der Waals surface area (Å²) in [5.74, 6) is 0.620. The Morgan fingerprint density at radius 1 is 1.11 bits per heavy atom. The molecule has 0 bridgehead atoms. The van der Waals surface area contributed by atoms with Crippen LogP contribution in [-0.4, -0.2) is 57.9 Å². The van der Waals surface area contributed by atoms with E-state index in [-0.39, 0.29) is 53.2 Å². The number of nitrogens with zero attached hydrogens (tertiary/aromatic N) is 1. The lowest BCUT2D eigenvalue weighted by molar-refractivity contribution is 0.0177. The molecular weight excluding hydrogens is 613 g/mol. The molecule has 1 aliphatic rings. The number of methoxy groups -OCH3 is 1. The Morgan fingerprint density at radius 2 is 1.81 bits per heavy atom. The molecule has 10 heteroatoms. The molecule has 0 radical (unpaired) electrons. The van der Waals surface area contributed by atoms with Crippen LogP contribution in [-0.2, 0) is 20.5 Å². The van der Waals surface area contributed by atoms with Crippen LogP contribution in [0, 0.1) is 5.41 Å². The summed E-state index contributed by atoms with van der Waals surface area (Å²) in [7, 11) is 0.0234. The van der Waals surface area contributed by atoms with E-state index in [1.54, 1.807) is 24.0 Å². The third-order valence-corrected chi connectivity index (χ3v) is 8.71. The average molecular weight is 667 g/mol. The van der Waals surface area contributed by atoms with E-state index < -0.39 is 15.1 Å². The molecular formula is C37H54N2O7Si. The summed E-state index contributed by atoms with van der Waals surface area (Å²) >= 11 is 0. The van der Waals surface area contributed by atoms with Crippen molar-refractivity contribution in [3.63, 3.8) is 0 Å². The first-order chi connectivity index (χ1) is 22.2. The SMILES string of the molecule is C=C(C)OC(=O)Nc1cc(OCc2ccccc2)c(OC)cc1C(=O)N1C=C(C(C)OCCCCC)C[C@H]1C(O[SiH](C)C)C(C)(C)C. The molecule has 0 saturated carbocycles. The van der Waals surface area contributed by atoms with Gasteiger partial charge in [-0.15, -0.1) is 0 Å². The number of amides is 2. The van der Waals surface area contributed by atoms with E-state index in [2.05, 4.69) is 52.7 Å². The lowest BCUT2D eigenvalue weighted by Crippen LogP contribution is -2.50. The number of allylic oxidation sites excluding steroid dienone is 1. The van der Waals surface area contributed by atoms with Crippen molar-refractivity contribution in [3.8, 4) is 11.5 Å². The fraction of sp³-hybridized carbons (Fsp3) is 0.514. The second kappa shape index (κ2) is 17.5. The second-order valence-corrected chi connectivity index (χ2v) is 15.8. The van der Waals surface area contributed by atoms with Gasteiger partial charge in [-0.2, -0.15) is 0 Å². The van der Waals surface area contributed by atoms with Crippen LogP contribution in [0.25, 0.3) is 0 Å². The van der Waals surface area contributed by atoms with Crippen molar-refractivity contribution in [2.24, 2.45) is 5.41 Å². The summed E-state index contributed by atoms with van der Waals surface area (Å²) in [4.78, 5) is 29.3. The number of nitrogens with one attached hydrogen (secondary N) is 1. The molecule has 1 aliphatic heterocycles. The molecule has 0 aromatic heterocycles. The summed E-state index contributed by atoms with van der Waals surface area (Å²) in [6.45, 7) is 21.1. The normalized spacial score (nSPS) is 16.0. The van der Waals surface area contributed by atoms with Crippen LogP contribution >= 0.6 is 0 Å². The van der Waals surface area contributed by atoms with Crippen LogP contribution in [0.5, 0.6) is 11.5 Å². The van der Waals surface area contributed by atoms with Crippen LogP contribution < -0.4 is 14.8 Å². The minimum absolute atomic E-state index is 0.171. The van der Waals surface area contributed by atoms with Gasteiger partial charge in [0.05, 0.1) is 42.4 Å². The molecule has 0 aliphatic carbocycles. The van der Waals surface area contributed by atoms with E-state index >= 15 is 0 Å². The standard InChI is InChI=1S/C37H54N2O7Si/c1-11-12-16-19-43-26(4)28-20-31(34(37(5,6)7)46-47(9)10)39(23-28)35(40)29-21-32(42-8)33(44-24-27-17-14-13-15-18-27)22-30(29)38-36(41)45-25(2)3/h13-15,17-18,21-23,26,31,34,47H,2,11-12,16,19-20,24H2,1,3-10H3,(H,38,41)/t26?,31-,34?/m0/s1. The molecule has 2 aromatic carbocycles. The van der Waals surface area contributed by atoms with Crippen molar-refractivity contribution in [2.75, 3.05) is 19.0 Å². The zero-order chi connectivity index (χ0) is 34.7. The van der Waals surface area contributed by atoms with E-state index in [4.69, 9.17) is 23.4 Å². The number of benzene rings is 2. The summed E-state index contributed by atoms with van der Waals surface area (Å²) in [5, 5.41) is 2.74. The Morgan fingerprint density at radius 3 is 2.40 bits per heavy atom. The molecule has 2 amide bonds. The van der Waals surface area contributed by atoms with Gasteiger partial charge in [0.2, 0.25) is 0 Å². The molecule has 0 spiro atoms. The first-order valence-corrected chi connectivity index (χ1v) is 19.4. The third-order valence-electron chi connectivity index (χ3n) is 7.88. The Bertz CT molecular complexity index is 1390. The van der Waals surface area contributed by atoms with Gasteiger partial charge >= 0.3 is 6.09 Å². The fourth-order valence-electron chi connectivity index (χ4n) is 5.57. The molecule has 1 N–H and O–H groups in total. The first-order valence-electron chi connectivity index (χ1n) is 16.6. The smallest absolute Gasteiger partial charge is 0.416 e. The highest BCUT2D eigenvalue weighted by Gasteiger charge is 2.43. The van der Waals surface area contributed by atoms with Gasteiger partial charge < -0.3 is 28.3 Å². The maximum atomic E-state index is 14.7. The van der Waals surface area contributed by atoms with E-state index in [0.29, 0.717) is 24.5 Å². The zero-order valence-corrected chi connectivity index (χ0v) is 30.8. The van der Waals surface area contributed by atoms with Gasteiger partial charge in [0.25, 0.3) is 5.91 Å². The van der Waals surface area contributed by atoms with Crippen molar-refractivity contribution in [1.29, 1.82) is 0 Å². The van der Waals surface area contributed by atoms with Crippen molar-refractivity contribution in [3.05, 3.63) is 77.7 Å². The molecule has 47 heavy (non-hydrogen) atoms. The van der Waals surface area contributed by atoms with E-state index in [1.165, 1.54) is 7.11 Å². The van der Waals surface area contributed by atoms with Crippen LogP contribution in [0.4, 0.5) is 10.5 Å². The molecule has 3 rings (SSSR count). The largest absolute Gasteiger partial charge is 0.493 e. The molecule has 0 saturated heterocycles. The summed E-state index contributed by atoms with van der Waals surface area (Å²) in [6, 6.07) is 12.6. The predicted molar refractivity (Wildman–Crippen MR) is 189 cm³/mol. The molecule has 1 heterocycles. The van der Waals surface area contributed by atoms with Gasteiger partial charge in [-0.05, 0) is 62.4 Å². The number of carbonyl (C=O) groups is 2. The van der Waals surface area contributed by atoms with E-state index in [0.717, 1.165) is 30.4 Å². The van der Waals surface area contributed by atoms with Gasteiger partial charge in [-0.25, -0.2) is 4.79 Å². The molecule has 258 valence electrons. The summed E-state index contributed by atoms with van der Waals surface area (Å²) < 4.78 is 29.9. The molecule has 2 aromatic rings. The van der Waals surface area contributed by atoms with Gasteiger partial charge in [-0.1, -0.05) is 77.4 Å². The molecule has 0 fully saturated rings. The first kappa shape index (κ1) is 37.9. The topological polar surface area (TPSA) is 95.6 Å². The Labute approximate surface area is 283 Å². The van der Waals surface area contributed by atoms with Gasteiger partial charge in [-0.3, -0.25) is 10.1 Å². The number of rotatable bonds is 16. The highest BCUT2D eigenvalue weighted by Crippen LogP contribution is 2.40. The minimum atomic E-state index is -1.50. The van der Waals surface area contributed by atoms with E-state index in [9.17, 15) is 9.59 Å². The quantitative estimate of drug-likeness (QED) is 0.109. The number of hydrogen-bond donors (Lipinski definition) is 1. The zero-order valence-electron chi connectivity index (χ0n) is 29.7. The summed E-state index contributed by atoms with van der Waals surface area (Å²) in [5.41, 5.74) is 2.17. The molecule has 9 nitrogen and oxygen atoms in total. The highest BCUT2D eigenvalue weighted by molar-refractivity contribution is 6.48. The Kier molecular flexibility index (Phi) is 14.1. The fourth-order valence-corrected chi connectivity index (χ4v) is 6.74. The third kappa shape index (κ3) is 11.0. The second-order valence-electron chi connectivity index (χ2n) is 13.4. The lowest BCUT2D eigenvalue weighted by Gasteiger charge is -2.40. The Balaban J connectivity index is 2.08. The van der Waals surface area contributed by atoms with Crippen LogP contribution in [0.1, 0.15) is 83.1 Å². The monoisotopic (exact) mass is 666 g/mol.